The molecule has 0 aliphatic carbocycles. The Hall–Kier alpha value is -4.36. The van der Waals surface area contributed by atoms with E-state index in [0.29, 0.717) is 6.07 Å². The highest BCUT2D eigenvalue weighted by molar-refractivity contribution is 5.96. The van der Waals surface area contributed by atoms with Crippen LogP contribution in [0.15, 0.2) is 30.3 Å². The summed E-state index contributed by atoms with van der Waals surface area (Å²) in [5.41, 5.74) is -2.23. The topological polar surface area (TPSA) is 157 Å². The van der Waals surface area contributed by atoms with Crippen LogP contribution in [0.3, 0.4) is 0 Å². The number of ether oxygens (including phenoxy) is 4. The van der Waals surface area contributed by atoms with Gasteiger partial charge in [-0.15, -0.1) is 0 Å². The lowest BCUT2D eigenvalue weighted by atomic mass is 10.1. The number of alkyl halides is 2. The molecule has 0 atom stereocenters. The number of hydrogen-bond donors (Lipinski definition) is 0. The summed E-state index contributed by atoms with van der Waals surface area (Å²) in [7, 11) is 2.14. The number of nitrogens with zero attached hydrogens (tertiary/aromatic N) is 2. The first-order valence-electron chi connectivity index (χ1n) is 8.42. The molecule has 0 saturated carbocycles. The molecule has 14 heteroatoms. The number of nitro groups is 2. The molecular weight excluding hydrogens is 442 g/mol. The van der Waals surface area contributed by atoms with Crippen molar-refractivity contribution in [1.29, 1.82) is 0 Å². The minimum Gasteiger partial charge on any atom is -0.493 e. The number of carbonyl (C=O) groups excluding carboxylic acids is 2. The third-order valence-corrected chi connectivity index (χ3v) is 3.92. The van der Waals surface area contributed by atoms with E-state index in [4.69, 9.17) is 9.47 Å². The van der Waals surface area contributed by atoms with Crippen molar-refractivity contribution >= 4 is 23.3 Å². The summed E-state index contributed by atoms with van der Waals surface area (Å²) in [4.78, 5) is 44.7. The fourth-order valence-corrected chi connectivity index (χ4v) is 2.52. The van der Waals surface area contributed by atoms with E-state index < -0.39 is 57.7 Å². The van der Waals surface area contributed by atoms with Crippen LogP contribution in [0.1, 0.15) is 26.3 Å². The van der Waals surface area contributed by atoms with Crippen molar-refractivity contribution in [3.8, 4) is 11.5 Å². The maximum absolute atomic E-state index is 12.5. The third kappa shape index (κ3) is 5.62. The smallest absolute Gasteiger partial charge is 0.387 e. The Balaban J connectivity index is 2.36. The van der Waals surface area contributed by atoms with Crippen molar-refractivity contribution in [2.24, 2.45) is 0 Å². The predicted octanol–water partition coefficient (Wildman–Crippen LogP) is 3.26. The molecule has 0 N–H and O–H groups in total. The van der Waals surface area contributed by atoms with Crippen LogP contribution in [0.5, 0.6) is 11.5 Å². The number of benzene rings is 2. The van der Waals surface area contributed by atoms with Crippen LogP contribution in [0, 0.1) is 20.2 Å². The molecule has 0 heterocycles. The van der Waals surface area contributed by atoms with Gasteiger partial charge >= 0.3 is 18.6 Å². The lowest BCUT2D eigenvalue weighted by Crippen LogP contribution is -2.10. The normalized spacial score (nSPS) is 10.4. The van der Waals surface area contributed by atoms with Crippen LogP contribution in [-0.2, 0) is 16.1 Å². The number of halogens is 2. The molecule has 2 aromatic rings. The fraction of sp³-hybridized carbons (Fsp3) is 0.222. The van der Waals surface area contributed by atoms with Gasteiger partial charge in [0, 0.05) is 12.1 Å². The van der Waals surface area contributed by atoms with E-state index in [1.54, 1.807) is 0 Å². The van der Waals surface area contributed by atoms with E-state index in [2.05, 4.69) is 9.47 Å². The standard InChI is InChI=1S/C18H14F2N2O10/c1-29-14-6-11(13(22(27)28)7-15(14)32-18(19)20)8-31-17(24)10-3-9(16(23)30-2)4-12(5-10)21(25)26/h3-7,18H,8H2,1-2H3. The molecule has 0 aliphatic rings. The zero-order chi connectivity index (χ0) is 24.0. The second-order valence-corrected chi connectivity index (χ2v) is 5.86. The van der Waals surface area contributed by atoms with Crippen LogP contribution >= 0.6 is 0 Å². The quantitative estimate of drug-likeness (QED) is 0.311. The van der Waals surface area contributed by atoms with Crippen LogP contribution in [0.4, 0.5) is 20.2 Å². The zero-order valence-electron chi connectivity index (χ0n) is 16.4. The van der Waals surface area contributed by atoms with Crippen molar-refractivity contribution < 1.29 is 47.2 Å². The van der Waals surface area contributed by atoms with Gasteiger partial charge in [0.15, 0.2) is 11.5 Å². The molecule has 0 spiro atoms. The number of rotatable bonds is 9. The number of carbonyl (C=O) groups is 2. The minimum absolute atomic E-state index is 0.236. The molecule has 0 saturated heterocycles. The number of methoxy groups -OCH3 is 2. The highest BCUT2D eigenvalue weighted by Gasteiger charge is 2.24. The van der Waals surface area contributed by atoms with Gasteiger partial charge in [-0.1, -0.05) is 0 Å². The van der Waals surface area contributed by atoms with Gasteiger partial charge in [-0.2, -0.15) is 8.78 Å². The molecule has 2 rings (SSSR count). The average Bonchev–Trinajstić information content (AvgIpc) is 2.76. The summed E-state index contributed by atoms with van der Waals surface area (Å²) < 4.78 is 43.5. The zero-order valence-corrected chi connectivity index (χ0v) is 16.4. The molecule has 32 heavy (non-hydrogen) atoms. The Kier molecular flexibility index (Phi) is 7.55. The van der Waals surface area contributed by atoms with Gasteiger partial charge < -0.3 is 18.9 Å². The molecule has 170 valence electrons. The van der Waals surface area contributed by atoms with Gasteiger partial charge in [-0.25, -0.2) is 9.59 Å². The fourth-order valence-electron chi connectivity index (χ4n) is 2.52. The van der Waals surface area contributed by atoms with E-state index in [-0.39, 0.29) is 16.9 Å². The molecule has 0 radical (unpaired) electrons. The van der Waals surface area contributed by atoms with Gasteiger partial charge in [0.25, 0.3) is 11.4 Å². The molecule has 2 aromatic carbocycles. The monoisotopic (exact) mass is 456 g/mol. The number of esters is 2. The van der Waals surface area contributed by atoms with E-state index in [9.17, 15) is 38.6 Å². The second kappa shape index (κ2) is 10.1. The van der Waals surface area contributed by atoms with E-state index in [0.717, 1.165) is 38.5 Å². The van der Waals surface area contributed by atoms with Crippen LogP contribution < -0.4 is 9.47 Å². The molecule has 0 aromatic heterocycles. The summed E-state index contributed by atoms with van der Waals surface area (Å²) in [6.07, 6.45) is 0. The maximum Gasteiger partial charge on any atom is 0.387 e. The van der Waals surface area contributed by atoms with Gasteiger partial charge in [-0.3, -0.25) is 20.2 Å². The summed E-state index contributed by atoms with van der Waals surface area (Å²) >= 11 is 0. The molecule has 0 bridgehead atoms. The number of nitro benzene ring substituents is 2. The van der Waals surface area contributed by atoms with Crippen LogP contribution in [-0.4, -0.2) is 42.6 Å². The minimum atomic E-state index is -3.27. The van der Waals surface area contributed by atoms with Crippen molar-refractivity contribution in [2.75, 3.05) is 14.2 Å². The number of hydrogen-bond acceptors (Lipinski definition) is 10. The summed E-state index contributed by atoms with van der Waals surface area (Å²) in [5, 5.41) is 22.4. The molecular formula is C18H14F2N2O10. The first-order valence-corrected chi connectivity index (χ1v) is 8.42. The lowest BCUT2D eigenvalue weighted by molar-refractivity contribution is -0.386. The Morgan fingerprint density at radius 3 is 2.06 bits per heavy atom. The summed E-state index contributed by atoms with van der Waals surface area (Å²) in [6, 6.07) is 4.35. The highest BCUT2D eigenvalue weighted by atomic mass is 19.3. The Morgan fingerprint density at radius 1 is 0.938 bits per heavy atom. The highest BCUT2D eigenvalue weighted by Crippen LogP contribution is 2.36. The van der Waals surface area contributed by atoms with Gasteiger partial charge in [-0.05, 0) is 12.1 Å². The SMILES string of the molecule is COC(=O)c1cc(C(=O)OCc2cc(OC)c(OC(F)F)cc2[N+](=O)[O-])cc([N+](=O)[O-])c1. The van der Waals surface area contributed by atoms with Gasteiger partial charge in [0.2, 0.25) is 0 Å². The van der Waals surface area contributed by atoms with Crippen LogP contribution in [0.25, 0.3) is 0 Å². The third-order valence-electron chi connectivity index (χ3n) is 3.92. The Bertz CT molecular complexity index is 1070. The van der Waals surface area contributed by atoms with E-state index >= 15 is 0 Å². The molecule has 0 fully saturated rings. The first-order chi connectivity index (χ1) is 15.1. The molecule has 0 aliphatic heterocycles. The number of non-ortho nitro benzene ring substituents is 1. The summed E-state index contributed by atoms with van der Waals surface area (Å²) in [5.74, 6) is -2.99. The van der Waals surface area contributed by atoms with Gasteiger partial charge in [0.05, 0.1) is 46.8 Å². The predicted molar refractivity (Wildman–Crippen MR) is 99.8 cm³/mol. The molecule has 0 amide bonds. The molecule has 0 unspecified atom stereocenters. The molecule has 12 nitrogen and oxygen atoms in total. The van der Waals surface area contributed by atoms with E-state index in [1.807, 2.05) is 0 Å². The first kappa shape index (κ1) is 23.9. The van der Waals surface area contributed by atoms with Crippen molar-refractivity contribution in [2.45, 2.75) is 13.2 Å². The lowest BCUT2D eigenvalue weighted by Gasteiger charge is -2.12. The van der Waals surface area contributed by atoms with Crippen molar-refractivity contribution in [3.63, 3.8) is 0 Å². The van der Waals surface area contributed by atoms with Crippen LogP contribution in [0.2, 0.25) is 0 Å². The Labute approximate surface area is 177 Å². The van der Waals surface area contributed by atoms with E-state index in [1.165, 1.54) is 0 Å². The maximum atomic E-state index is 12.5. The summed E-state index contributed by atoms with van der Waals surface area (Å²) in [6.45, 7) is -4.00. The van der Waals surface area contributed by atoms with Crippen molar-refractivity contribution in [3.05, 3.63) is 67.3 Å². The largest absolute Gasteiger partial charge is 0.493 e. The average molecular weight is 456 g/mol. The Morgan fingerprint density at radius 2 is 1.56 bits per heavy atom. The van der Waals surface area contributed by atoms with Crippen molar-refractivity contribution in [1.82, 2.24) is 0 Å². The van der Waals surface area contributed by atoms with Gasteiger partial charge in [0.1, 0.15) is 6.61 Å². The second-order valence-electron chi connectivity index (χ2n) is 5.86.